The first kappa shape index (κ1) is 13.7. The van der Waals surface area contributed by atoms with Gasteiger partial charge in [-0.2, -0.15) is 4.98 Å². The minimum Gasteiger partial charge on any atom is -0.544 e. The number of quaternary nitrogens is 1. The van der Waals surface area contributed by atoms with Crippen molar-refractivity contribution in [1.29, 1.82) is 0 Å². The molecule has 0 unspecified atom stereocenters. The molecule has 2 heterocycles. The van der Waals surface area contributed by atoms with E-state index in [1.807, 2.05) is 36.6 Å². The molecule has 0 spiro atoms. The molecular formula is C15H13N3O2S. The summed E-state index contributed by atoms with van der Waals surface area (Å²) in [4.78, 5) is 20.0. The van der Waals surface area contributed by atoms with Crippen LogP contribution in [0.1, 0.15) is 5.56 Å². The van der Waals surface area contributed by atoms with Crippen LogP contribution in [0.15, 0.2) is 36.0 Å². The van der Waals surface area contributed by atoms with Crippen molar-refractivity contribution in [1.82, 2.24) is 9.97 Å². The molecule has 0 aliphatic heterocycles. The maximum absolute atomic E-state index is 10.7. The van der Waals surface area contributed by atoms with Gasteiger partial charge >= 0.3 is 0 Å². The van der Waals surface area contributed by atoms with Crippen molar-refractivity contribution in [2.75, 3.05) is 6.54 Å². The number of carbonyl (C=O) groups excluding carboxylic acids is 1. The summed E-state index contributed by atoms with van der Waals surface area (Å²) in [6.07, 6.45) is 1.46. The molecule has 6 heteroatoms. The Morgan fingerprint density at radius 2 is 2.05 bits per heavy atom. The summed E-state index contributed by atoms with van der Waals surface area (Å²) < 4.78 is 0. The zero-order valence-corrected chi connectivity index (χ0v) is 12.2. The van der Waals surface area contributed by atoms with Gasteiger partial charge in [0.25, 0.3) is 0 Å². The number of rotatable bonds is 4. The number of carbonyl (C=O) groups is 1. The number of hydrogen-bond acceptors (Lipinski definition) is 5. The first-order valence-corrected chi connectivity index (χ1v) is 7.35. The second-order valence-corrected chi connectivity index (χ2v) is 5.59. The predicted molar refractivity (Wildman–Crippen MR) is 79.0 cm³/mol. The Balaban J connectivity index is 2.10. The third-order valence-corrected chi connectivity index (χ3v) is 4.11. The summed E-state index contributed by atoms with van der Waals surface area (Å²) in [6.45, 7) is 1.88. The second kappa shape index (κ2) is 5.59. The van der Waals surface area contributed by atoms with Gasteiger partial charge in [0.15, 0.2) is 0 Å². The number of fused-ring (bicyclic) bond motifs is 1. The van der Waals surface area contributed by atoms with E-state index in [-0.39, 0.29) is 6.54 Å². The summed E-state index contributed by atoms with van der Waals surface area (Å²) in [5, 5.41) is 15.2. The molecule has 1 aromatic carbocycles. The van der Waals surface area contributed by atoms with Crippen molar-refractivity contribution < 1.29 is 15.2 Å². The van der Waals surface area contributed by atoms with E-state index in [9.17, 15) is 9.90 Å². The molecule has 0 saturated heterocycles. The van der Waals surface area contributed by atoms with Crippen LogP contribution in [-0.4, -0.2) is 22.5 Å². The fourth-order valence-corrected chi connectivity index (χ4v) is 3.10. The number of benzene rings is 1. The molecule has 3 aromatic rings. The van der Waals surface area contributed by atoms with Gasteiger partial charge in [-0.25, -0.2) is 4.98 Å². The minimum atomic E-state index is -1.12. The number of aliphatic carboxylic acids is 1. The molecule has 0 bridgehead atoms. The summed E-state index contributed by atoms with van der Waals surface area (Å²) in [5.74, 6) is -0.477. The van der Waals surface area contributed by atoms with E-state index in [4.69, 9.17) is 0 Å². The van der Waals surface area contributed by atoms with Gasteiger partial charge in [0.2, 0.25) is 5.82 Å². The molecule has 2 N–H and O–H groups in total. The normalized spacial score (nSPS) is 10.9. The van der Waals surface area contributed by atoms with Gasteiger partial charge in [0, 0.05) is 10.9 Å². The molecule has 21 heavy (non-hydrogen) atoms. The first-order valence-electron chi connectivity index (χ1n) is 6.47. The van der Waals surface area contributed by atoms with Crippen molar-refractivity contribution in [3.8, 4) is 11.1 Å². The Labute approximate surface area is 125 Å². The van der Waals surface area contributed by atoms with E-state index >= 15 is 0 Å². The highest BCUT2D eigenvalue weighted by atomic mass is 32.1. The van der Waals surface area contributed by atoms with Gasteiger partial charge in [0.1, 0.15) is 23.1 Å². The summed E-state index contributed by atoms with van der Waals surface area (Å²) in [7, 11) is 0. The maximum Gasteiger partial charge on any atom is 0.237 e. The van der Waals surface area contributed by atoms with Gasteiger partial charge in [-0.15, -0.1) is 11.3 Å². The summed E-state index contributed by atoms with van der Waals surface area (Å²) in [6, 6.07) is 8.19. The lowest BCUT2D eigenvalue weighted by Crippen LogP contribution is -2.81. The highest BCUT2D eigenvalue weighted by Crippen LogP contribution is 2.34. The van der Waals surface area contributed by atoms with E-state index < -0.39 is 5.97 Å². The van der Waals surface area contributed by atoms with Gasteiger partial charge < -0.3 is 9.90 Å². The van der Waals surface area contributed by atoms with Crippen molar-refractivity contribution >= 4 is 33.3 Å². The standard InChI is InChI=1S/C15H13N3O2S/c1-9-2-4-10(5-3-9)11-7-21-15-13(11)14(17-8-18-15)16-6-12(19)20/h2-5,7-8H,6H2,1H3,(H,19,20)(H,16,17,18). The lowest BCUT2D eigenvalue weighted by molar-refractivity contribution is -0.571. The number of carboxylic acid groups (broad SMARTS) is 1. The SMILES string of the molecule is Cc1ccc(-c2csc3ncnc([NH2+]CC(=O)[O-])c23)cc1. The highest BCUT2D eigenvalue weighted by Gasteiger charge is 2.15. The van der Waals surface area contributed by atoms with Crippen LogP contribution in [0.25, 0.3) is 21.3 Å². The molecule has 3 rings (SSSR count). The number of hydrogen-bond donors (Lipinski definition) is 1. The number of nitrogens with zero attached hydrogens (tertiary/aromatic N) is 2. The number of nitrogens with two attached hydrogens (primary N) is 1. The van der Waals surface area contributed by atoms with Crippen LogP contribution >= 0.6 is 11.3 Å². The fraction of sp³-hybridized carbons (Fsp3) is 0.133. The monoisotopic (exact) mass is 299 g/mol. The highest BCUT2D eigenvalue weighted by molar-refractivity contribution is 7.17. The van der Waals surface area contributed by atoms with Crippen LogP contribution in [0.2, 0.25) is 0 Å². The third kappa shape index (κ3) is 2.76. The van der Waals surface area contributed by atoms with Gasteiger partial charge in [0.05, 0.1) is 5.97 Å². The van der Waals surface area contributed by atoms with Crippen molar-refractivity contribution in [3.63, 3.8) is 0 Å². The molecule has 0 radical (unpaired) electrons. The number of aromatic nitrogens is 2. The van der Waals surface area contributed by atoms with E-state index in [0.717, 1.165) is 21.3 Å². The van der Waals surface area contributed by atoms with Crippen LogP contribution < -0.4 is 10.4 Å². The Morgan fingerprint density at radius 1 is 1.29 bits per heavy atom. The molecule has 0 atom stereocenters. The summed E-state index contributed by atoms with van der Waals surface area (Å²) in [5.41, 5.74) is 3.29. The molecule has 0 amide bonds. The molecular weight excluding hydrogens is 286 g/mol. The molecule has 106 valence electrons. The van der Waals surface area contributed by atoms with Crippen LogP contribution in [0.5, 0.6) is 0 Å². The van der Waals surface area contributed by atoms with Crippen LogP contribution in [0, 0.1) is 6.92 Å². The molecule has 0 fully saturated rings. The number of aryl methyl sites for hydroxylation is 1. The van der Waals surface area contributed by atoms with Crippen molar-refractivity contribution in [2.24, 2.45) is 0 Å². The smallest absolute Gasteiger partial charge is 0.237 e. The van der Waals surface area contributed by atoms with Gasteiger partial charge in [-0.1, -0.05) is 29.8 Å². The molecule has 0 aliphatic carbocycles. The summed E-state index contributed by atoms with van der Waals surface area (Å²) >= 11 is 1.53. The Bertz CT molecular complexity index is 796. The van der Waals surface area contributed by atoms with Crippen molar-refractivity contribution in [3.05, 3.63) is 41.5 Å². The topological polar surface area (TPSA) is 82.5 Å². The lowest BCUT2D eigenvalue weighted by Gasteiger charge is -2.04. The zero-order chi connectivity index (χ0) is 14.8. The second-order valence-electron chi connectivity index (χ2n) is 4.73. The molecule has 0 saturated carbocycles. The van der Waals surface area contributed by atoms with Crippen LogP contribution in [-0.2, 0) is 4.79 Å². The third-order valence-electron chi connectivity index (χ3n) is 3.22. The van der Waals surface area contributed by atoms with Crippen LogP contribution in [0.3, 0.4) is 0 Å². The quantitative estimate of drug-likeness (QED) is 0.765. The molecule has 2 aromatic heterocycles. The number of carboxylic acids is 1. The van der Waals surface area contributed by atoms with E-state index in [1.165, 1.54) is 23.2 Å². The Kier molecular flexibility index (Phi) is 3.64. The molecule has 0 aliphatic rings. The predicted octanol–water partition coefficient (Wildman–Crippen LogP) is 0.612. The van der Waals surface area contributed by atoms with E-state index in [1.54, 1.807) is 5.32 Å². The fourth-order valence-electron chi connectivity index (χ4n) is 2.18. The van der Waals surface area contributed by atoms with Gasteiger partial charge in [-0.05, 0) is 12.5 Å². The average Bonchev–Trinajstić information content (AvgIpc) is 2.90. The molecule has 5 nitrogen and oxygen atoms in total. The Morgan fingerprint density at radius 3 is 2.76 bits per heavy atom. The average molecular weight is 299 g/mol. The van der Waals surface area contributed by atoms with E-state index in [0.29, 0.717) is 5.82 Å². The van der Waals surface area contributed by atoms with Crippen molar-refractivity contribution in [2.45, 2.75) is 6.92 Å². The number of thiophene rings is 1. The van der Waals surface area contributed by atoms with Gasteiger partial charge in [-0.3, -0.25) is 5.32 Å². The zero-order valence-electron chi connectivity index (χ0n) is 11.4. The largest absolute Gasteiger partial charge is 0.544 e. The maximum atomic E-state index is 10.7. The van der Waals surface area contributed by atoms with Crippen LogP contribution in [0.4, 0.5) is 5.82 Å². The minimum absolute atomic E-state index is 0.157. The van der Waals surface area contributed by atoms with E-state index in [2.05, 4.69) is 9.97 Å². The lowest BCUT2D eigenvalue weighted by atomic mass is 10.0. The Hall–Kier alpha value is -2.31. The first-order chi connectivity index (χ1) is 10.1.